The van der Waals surface area contributed by atoms with Crippen LogP contribution in [0.15, 0.2) is 51.8 Å². The van der Waals surface area contributed by atoms with E-state index in [2.05, 4.69) is 21.2 Å². The van der Waals surface area contributed by atoms with Crippen molar-refractivity contribution in [1.29, 1.82) is 0 Å². The number of rotatable bonds is 5. The quantitative estimate of drug-likeness (QED) is 0.550. The number of hydrogen-bond acceptors (Lipinski definition) is 5. The van der Waals surface area contributed by atoms with Gasteiger partial charge in [-0.15, -0.1) is 0 Å². The molecule has 0 bridgehead atoms. The molecule has 0 aliphatic carbocycles. The first-order valence-electron chi connectivity index (χ1n) is 8.14. The molecule has 0 atom stereocenters. The second-order valence-corrected chi connectivity index (χ2v) is 8.81. The predicted octanol–water partition coefficient (Wildman–Crippen LogP) is 3.39. The molecule has 1 aliphatic rings. The molecule has 27 heavy (non-hydrogen) atoms. The Kier molecular flexibility index (Phi) is 5.59. The number of sulfonamides is 1. The Balaban J connectivity index is 1.83. The third-order valence-corrected chi connectivity index (χ3v) is 6.76. The van der Waals surface area contributed by atoms with E-state index in [9.17, 15) is 23.3 Å². The molecule has 0 aromatic heterocycles. The van der Waals surface area contributed by atoms with E-state index in [0.717, 1.165) is 18.9 Å². The van der Waals surface area contributed by atoms with Gasteiger partial charge in [-0.05, 0) is 59.1 Å². The molecule has 0 radical (unpaired) electrons. The van der Waals surface area contributed by atoms with Crippen LogP contribution in [0, 0.1) is 10.1 Å². The zero-order valence-electron chi connectivity index (χ0n) is 14.1. The van der Waals surface area contributed by atoms with E-state index in [0.29, 0.717) is 18.8 Å². The van der Waals surface area contributed by atoms with Crippen LogP contribution in [-0.2, 0) is 10.0 Å². The third-order valence-electron chi connectivity index (χ3n) is 4.20. The number of nitrogens with one attached hydrogen (secondary N) is 1. The van der Waals surface area contributed by atoms with Crippen LogP contribution in [0.4, 0.5) is 11.4 Å². The minimum absolute atomic E-state index is 0.0951. The van der Waals surface area contributed by atoms with Crippen LogP contribution in [0.2, 0.25) is 0 Å². The van der Waals surface area contributed by atoms with Crippen molar-refractivity contribution in [3.63, 3.8) is 0 Å². The lowest BCUT2D eigenvalue weighted by molar-refractivity contribution is -0.385. The first-order valence-corrected chi connectivity index (χ1v) is 10.4. The molecule has 1 amide bonds. The summed E-state index contributed by atoms with van der Waals surface area (Å²) in [6.07, 6.45) is 1.66. The number of benzene rings is 2. The zero-order chi connectivity index (χ0) is 19.6. The summed E-state index contributed by atoms with van der Waals surface area (Å²) in [5.41, 5.74) is 0.163. The van der Waals surface area contributed by atoms with E-state index in [1.807, 2.05) is 0 Å². The molecule has 1 saturated heterocycles. The fourth-order valence-corrected chi connectivity index (χ4v) is 4.76. The average molecular weight is 454 g/mol. The monoisotopic (exact) mass is 453 g/mol. The molecular weight excluding hydrogens is 438 g/mol. The van der Waals surface area contributed by atoms with E-state index < -0.39 is 20.9 Å². The summed E-state index contributed by atoms with van der Waals surface area (Å²) in [7, 11) is -3.60. The van der Waals surface area contributed by atoms with E-state index in [1.54, 1.807) is 12.1 Å². The summed E-state index contributed by atoms with van der Waals surface area (Å²) in [5, 5.41) is 13.6. The van der Waals surface area contributed by atoms with Crippen molar-refractivity contribution < 1.29 is 18.1 Å². The van der Waals surface area contributed by atoms with Gasteiger partial charge in [-0.2, -0.15) is 4.31 Å². The highest BCUT2D eigenvalue weighted by atomic mass is 79.9. The summed E-state index contributed by atoms with van der Waals surface area (Å²) < 4.78 is 27.0. The highest BCUT2D eigenvalue weighted by Gasteiger charge is 2.27. The molecule has 1 heterocycles. The fraction of sp³-hybridized carbons (Fsp3) is 0.235. The molecule has 2 aromatic carbocycles. The lowest BCUT2D eigenvalue weighted by Crippen LogP contribution is -2.27. The SMILES string of the molecule is O=C(Nc1cccc(S(=O)(=O)N2CCCC2)c1)c1ccc(Br)c([N+](=O)[O-])c1. The van der Waals surface area contributed by atoms with Crippen LogP contribution in [0.25, 0.3) is 0 Å². The van der Waals surface area contributed by atoms with Crippen molar-refractivity contribution in [3.05, 3.63) is 62.6 Å². The Morgan fingerprint density at radius 1 is 1.15 bits per heavy atom. The van der Waals surface area contributed by atoms with E-state index in [-0.39, 0.29) is 20.6 Å². The standard InChI is InChI=1S/C17H16BrN3O5S/c18-15-7-6-12(10-16(15)21(23)24)17(22)19-13-4-3-5-14(11-13)27(25,26)20-8-1-2-9-20/h3-7,10-11H,1-2,8-9H2,(H,19,22). The number of halogens is 1. The maximum Gasteiger partial charge on any atom is 0.284 e. The lowest BCUT2D eigenvalue weighted by Gasteiger charge is -2.16. The van der Waals surface area contributed by atoms with Crippen LogP contribution < -0.4 is 5.32 Å². The van der Waals surface area contributed by atoms with Crippen LogP contribution in [0.5, 0.6) is 0 Å². The Bertz CT molecular complexity index is 1000. The molecule has 142 valence electrons. The fourth-order valence-electron chi connectivity index (χ4n) is 2.81. The van der Waals surface area contributed by atoms with Gasteiger partial charge in [-0.3, -0.25) is 14.9 Å². The zero-order valence-corrected chi connectivity index (χ0v) is 16.5. The van der Waals surface area contributed by atoms with Crippen molar-refractivity contribution in [3.8, 4) is 0 Å². The Morgan fingerprint density at radius 3 is 2.52 bits per heavy atom. The molecule has 3 rings (SSSR count). The molecule has 0 unspecified atom stereocenters. The number of nitrogens with zero attached hydrogens (tertiary/aromatic N) is 2. The van der Waals surface area contributed by atoms with E-state index in [4.69, 9.17) is 0 Å². The molecule has 8 nitrogen and oxygen atoms in total. The lowest BCUT2D eigenvalue weighted by atomic mass is 10.2. The van der Waals surface area contributed by atoms with Gasteiger partial charge in [-0.25, -0.2) is 8.42 Å². The average Bonchev–Trinajstić information content (AvgIpc) is 3.17. The number of nitro groups is 1. The molecule has 10 heteroatoms. The number of carbonyl (C=O) groups is 1. The molecular formula is C17H16BrN3O5S. The first-order chi connectivity index (χ1) is 12.8. The minimum atomic E-state index is -3.60. The summed E-state index contributed by atoms with van der Waals surface area (Å²) in [5.74, 6) is -0.568. The van der Waals surface area contributed by atoms with E-state index >= 15 is 0 Å². The summed E-state index contributed by atoms with van der Waals surface area (Å²) in [6.45, 7) is 0.975. The largest absolute Gasteiger partial charge is 0.322 e. The molecule has 2 aromatic rings. The van der Waals surface area contributed by atoms with Crippen molar-refractivity contribution in [2.75, 3.05) is 18.4 Å². The van der Waals surface area contributed by atoms with Crippen molar-refractivity contribution in [2.24, 2.45) is 0 Å². The van der Waals surface area contributed by atoms with Gasteiger partial charge in [0.1, 0.15) is 0 Å². The smallest absolute Gasteiger partial charge is 0.284 e. The number of amides is 1. The maximum absolute atomic E-state index is 12.6. The van der Waals surface area contributed by atoms with Gasteiger partial charge in [-0.1, -0.05) is 6.07 Å². The van der Waals surface area contributed by atoms with Crippen LogP contribution in [-0.4, -0.2) is 36.6 Å². The number of hydrogen-bond donors (Lipinski definition) is 1. The second-order valence-electron chi connectivity index (χ2n) is 6.02. The highest BCUT2D eigenvalue weighted by Crippen LogP contribution is 2.27. The highest BCUT2D eigenvalue weighted by molar-refractivity contribution is 9.10. The normalized spacial score (nSPS) is 14.9. The topological polar surface area (TPSA) is 110 Å². The Labute approximate surface area is 164 Å². The van der Waals surface area contributed by atoms with Gasteiger partial charge in [0.05, 0.1) is 14.3 Å². The third kappa shape index (κ3) is 4.18. The summed E-state index contributed by atoms with van der Waals surface area (Å²) in [6, 6.07) is 9.99. The van der Waals surface area contributed by atoms with Gasteiger partial charge in [0.2, 0.25) is 10.0 Å². The summed E-state index contributed by atoms with van der Waals surface area (Å²) in [4.78, 5) is 22.9. The Morgan fingerprint density at radius 2 is 1.85 bits per heavy atom. The van der Waals surface area contributed by atoms with Crippen molar-refractivity contribution >= 4 is 43.2 Å². The van der Waals surface area contributed by atoms with Gasteiger partial charge in [0.15, 0.2) is 0 Å². The van der Waals surface area contributed by atoms with Gasteiger partial charge < -0.3 is 5.32 Å². The van der Waals surface area contributed by atoms with Gasteiger partial charge >= 0.3 is 0 Å². The van der Waals surface area contributed by atoms with Gasteiger partial charge in [0.25, 0.3) is 11.6 Å². The Hall–Kier alpha value is -2.30. The molecule has 0 saturated carbocycles. The number of anilines is 1. The van der Waals surface area contributed by atoms with Crippen LogP contribution >= 0.6 is 15.9 Å². The second kappa shape index (κ2) is 7.75. The first kappa shape index (κ1) is 19.5. The van der Waals surface area contributed by atoms with Crippen LogP contribution in [0.1, 0.15) is 23.2 Å². The number of carbonyl (C=O) groups excluding carboxylic acids is 1. The molecule has 1 aliphatic heterocycles. The summed E-state index contributed by atoms with van der Waals surface area (Å²) >= 11 is 3.07. The van der Waals surface area contributed by atoms with E-state index in [1.165, 1.54) is 28.6 Å². The number of nitro benzene ring substituents is 1. The van der Waals surface area contributed by atoms with Gasteiger partial charge in [0, 0.05) is 30.4 Å². The predicted molar refractivity (Wildman–Crippen MR) is 103 cm³/mol. The maximum atomic E-state index is 12.6. The van der Waals surface area contributed by atoms with Crippen LogP contribution in [0.3, 0.4) is 0 Å². The minimum Gasteiger partial charge on any atom is -0.322 e. The van der Waals surface area contributed by atoms with Crippen molar-refractivity contribution in [1.82, 2.24) is 4.31 Å². The molecule has 1 fully saturated rings. The van der Waals surface area contributed by atoms with Crippen molar-refractivity contribution in [2.45, 2.75) is 17.7 Å². The molecule has 0 spiro atoms. The molecule has 1 N–H and O–H groups in total.